The Balaban J connectivity index is 2.90. The summed E-state index contributed by atoms with van der Waals surface area (Å²) in [5.41, 5.74) is 0.745. The van der Waals surface area contributed by atoms with E-state index >= 15 is 0 Å². The van der Waals surface area contributed by atoms with E-state index in [4.69, 9.17) is 16.7 Å². The van der Waals surface area contributed by atoms with Crippen LogP contribution >= 0.6 is 11.6 Å². The van der Waals surface area contributed by atoms with Crippen LogP contribution < -0.4 is 5.14 Å². The molecule has 4 nitrogen and oxygen atoms in total. The molecule has 0 saturated carbocycles. The summed E-state index contributed by atoms with van der Waals surface area (Å²) < 4.78 is 23.4. The van der Waals surface area contributed by atoms with Crippen LogP contribution in [-0.4, -0.2) is 19.3 Å². The van der Waals surface area contributed by atoms with Crippen LogP contribution in [0.5, 0.6) is 0 Å². The smallest absolute Gasteiger partial charge is 0.216 e. The molecule has 0 unspecified atom stereocenters. The topological polar surface area (TPSA) is 63.4 Å². The third-order valence-electron chi connectivity index (χ3n) is 2.02. The third kappa shape index (κ3) is 3.46. The second kappa shape index (κ2) is 4.94. The molecule has 0 heterocycles. The lowest BCUT2D eigenvalue weighted by molar-refractivity contribution is 0.424. The molecule has 0 aliphatic rings. The van der Waals surface area contributed by atoms with Crippen molar-refractivity contribution in [3.8, 4) is 0 Å². The summed E-state index contributed by atoms with van der Waals surface area (Å²) in [6.45, 7) is 2.25. The maximum absolute atomic E-state index is 11.1. The van der Waals surface area contributed by atoms with Crippen molar-refractivity contribution in [2.75, 3.05) is 6.54 Å². The van der Waals surface area contributed by atoms with E-state index in [1.165, 1.54) is 0 Å². The second-order valence-corrected chi connectivity index (χ2v) is 5.02. The van der Waals surface area contributed by atoms with Gasteiger partial charge in [0, 0.05) is 18.1 Å². The van der Waals surface area contributed by atoms with E-state index in [1.807, 2.05) is 0 Å². The zero-order valence-electron chi connectivity index (χ0n) is 8.35. The van der Waals surface area contributed by atoms with Crippen LogP contribution in [-0.2, 0) is 16.8 Å². The Bertz CT molecular complexity index is 433. The van der Waals surface area contributed by atoms with Gasteiger partial charge in [0.2, 0.25) is 0 Å². The lowest BCUT2D eigenvalue weighted by atomic mass is 10.2. The molecular weight excluding hydrogens is 236 g/mol. The van der Waals surface area contributed by atoms with Crippen LogP contribution in [0, 0.1) is 0 Å². The predicted octanol–water partition coefficient (Wildman–Crippen LogP) is 1.37. The first-order valence-corrected chi connectivity index (χ1v) is 6.34. The maximum atomic E-state index is 11.1. The Labute approximate surface area is 94.8 Å². The van der Waals surface area contributed by atoms with Gasteiger partial charge >= 0.3 is 0 Å². The predicted molar refractivity (Wildman–Crippen MR) is 60.6 cm³/mol. The zero-order valence-corrected chi connectivity index (χ0v) is 9.92. The molecule has 0 aliphatic carbocycles. The van der Waals surface area contributed by atoms with Crippen molar-refractivity contribution >= 4 is 21.8 Å². The van der Waals surface area contributed by atoms with E-state index in [9.17, 15) is 8.42 Å². The van der Waals surface area contributed by atoms with Crippen LogP contribution in [0.4, 0.5) is 0 Å². The fourth-order valence-electron chi connectivity index (χ4n) is 1.20. The molecule has 0 atom stereocenters. The van der Waals surface area contributed by atoms with Crippen molar-refractivity contribution in [3.05, 3.63) is 34.9 Å². The van der Waals surface area contributed by atoms with Gasteiger partial charge in [-0.05, 0) is 11.6 Å². The molecular formula is C9H13ClN2O2S. The Morgan fingerprint density at radius 2 is 2.00 bits per heavy atom. The Kier molecular flexibility index (Phi) is 4.10. The Hall–Kier alpha value is -0.620. The lowest BCUT2D eigenvalue weighted by Crippen LogP contribution is -2.35. The third-order valence-corrected chi connectivity index (χ3v) is 3.49. The molecule has 84 valence electrons. The summed E-state index contributed by atoms with van der Waals surface area (Å²) in [6.07, 6.45) is 0. The van der Waals surface area contributed by atoms with Gasteiger partial charge in [0.15, 0.2) is 0 Å². The number of halogens is 1. The van der Waals surface area contributed by atoms with Crippen LogP contribution in [0.25, 0.3) is 0 Å². The first kappa shape index (κ1) is 12.4. The average molecular weight is 249 g/mol. The molecule has 0 radical (unpaired) electrons. The van der Waals surface area contributed by atoms with Crippen LogP contribution in [0.1, 0.15) is 12.5 Å². The van der Waals surface area contributed by atoms with Gasteiger partial charge in [-0.25, -0.2) is 5.14 Å². The molecule has 0 saturated heterocycles. The molecule has 1 aromatic carbocycles. The maximum Gasteiger partial charge on any atom is 0.277 e. The molecule has 2 N–H and O–H groups in total. The van der Waals surface area contributed by atoms with Gasteiger partial charge in [-0.1, -0.05) is 36.7 Å². The van der Waals surface area contributed by atoms with E-state index in [2.05, 4.69) is 0 Å². The SMILES string of the molecule is CCN(Cc1ccccc1Cl)S(N)(=O)=O. The lowest BCUT2D eigenvalue weighted by Gasteiger charge is -2.17. The highest BCUT2D eigenvalue weighted by Gasteiger charge is 2.16. The number of hydrogen-bond donors (Lipinski definition) is 1. The van der Waals surface area contributed by atoms with E-state index in [1.54, 1.807) is 31.2 Å². The zero-order chi connectivity index (χ0) is 11.5. The minimum absolute atomic E-state index is 0.203. The number of hydrogen-bond acceptors (Lipinski definition) is 2. The van der Waals surface area contributed by atoms with E-state index in [0.29, 0.717) is 11.6 Å². The number of benzene rings is 1. The standard InChI is InChI=1S/C9H13ClN2O2S/c1-2-12(15(11,13)14)7-8-5-3-4-6-9(8)10/h3-6H,2,7H2,1H3,(H2,11,13,14). The highest BCUT2D eigenvalue weighted by atomic mass is 35.5. The number of rotatable bonds is 4. The van der Waals surface area contributed by atoms with Gasteiger partial charge in [-0.2, -0.15) is 12.7 Å². The van der Waals surface area contributed by atoms with Crippen LogP contribution in [0.15, 0.2) is 24.3 Å². The summed E-state index contributed by atoms with van der Waals surface area (Å²) in [4.78, 5) is 0. The normalized spacial score (nSPS) is 12.0. The molecule has 0 spiro atoms. The van der Waals surface area contributed by atoms with Gasteiger partial charge in [-0.15, -0.1) is 0 Å². The van der Waals surface area contributed by atoms with Crippen molar-refractivity contribution in [2.45, 2.75) is 13.5 Å². The molecule has 0 aromatic heterocycles. The quantitative estimate of drug-likeness (QED) is 0.875. The largest absolute Gasteiger partial charge is 0.277 e. The number of nitrogens with zero attached hydrogens (tertiary/aromatic N) is 1. The van der Waals surface area contributed by atoms with Crippen molar-refractivity contribution in [1.29, 1.82) is 0 Å². The van der Waals surface area contributed by atoms with Crippen molar-refractivity contribution in [1.82, 2.24) is 4.31 Å². The van der Waals surface area contributed by atoms with Crippen molar-refractivity contribution < 1.29 is 8.42 Å². The van der Waals surface area contributed by atoms with Crippen LogP contribution in [0.2, 0.25) is 5.02 Å². The average Bonchev–Trinajstić information content (AvgIpc) is 2.14. The first-order valence-electron chi connectivity index (χ1n) is 4.46. The Morgan fingerprint density at radius 1 is 1.40 bits per heavy atom. The highest BCUT2D eigenvalue weighted by molar-refractivity contribution is 7.86. The molecule has 1 rings (SSSR count). The molecule has 0 fully saturated rings. The Morgan fingerprint density at radius 3 is 2.47 bits per heavy atom. The highest BCUT2D eigenvalue weighted by Crippen LogP contribution is 2.17. The molecule has 0 aliphatic heterocycles. The van der Waals surface area contributed by atoms with E-state index in [-0.39, 0.29) is 6.54 Å². The van der Waals surface area contributed by atoms with Gasteiger partial charge in [0.25, 0.3) is 10.2 Å². The molecule has 0 bridgehead atoms. The monoisotopic (exact) mass is 248 g/mol. The summed E-state index contributed by atoms with van der Waals surface area (Å²) in [5.74, 6) is 0. The molecule has 6 heteroatoms. The summed E-state index contributed by atoms with van der Waals surface area (Å²) in [7, 11) is -3.66. The number of nitrogens with two attached hydrogens (primary N) is 1. The van der Waals surface area contributed by atoms with Gasteiger partial charge in [-0.3, -0.25) is 0 Å². The second-order valence-electron chi connectivity index (χ2n) is 3.06. The summed E-state index contributed by atoms with van der Waals surface area (Å²) in [5, 5.41) is 5.58. The fourth-order valence-corrected chi connectivity index (χ4v) is 2.07. The minimum Gasteiger partial charge on any atom is -0.216 e. The molecule has 15 heavy (non-hydrogen) atoms. The molecule has 1 aromatic rings. The fraction of sp³-hybridized carbons (Fsp3) is 0.333. The minimum atomic E-state index is -3.66. The van der Waals surface area contributed by atoms with E-state index in [0.717, 1.165) is 9.87 Å². The molecule has 0 amide bonds. The van der Waals surface area contributed by atoms with E-state index < -0.39 is 10.2 Å². The van der Waals surface area contributed by atoms with Crippen molar-refractivity contribution in [2.24, 2.45) is 5.14 Å². The summed E-state index contributed by atoms with van der Waals surface area (Å²) >= 11 is 5.91. The first-order chi connectivity index (χ1) is 6.95. The van der Waals surface area contributed by atoms with Crippen LogP contribution in [0.3, 0.4) is 0 Å². The van der Waals surface area contributed by atoms with Gasteiger partial charge in [0.05, 0.1) is 0 Å². The van der Waals surface area contributed by atoms with Crippen molar-refractivity contribution in [3.63, 3.8) is 0 Å². The van der Waals surface area contributed by atoms with Gasteiger partial charge < -0.3 is 0 Å². The van der Waals surface area contributed by atoms with Gasteiger partial charge in [0.1, 0.15) is 0 Å². The summed E-state index contributed by atoms with van der Waals surface area (Å²) in [6, 6.07) is 7.08.